The molecule has 0 aliphatic carbocycles. The van der Waals surface area contributed by atoms with Crippen LogP contribution in [0.1, 0.15) is 29.3 Å². The van der Waals surface area contributed by atoms with Crippen molar-refractivity contribution < 1.29 is 4.39 Å². The Kier molecular flexibility index (Phi) is 5.34. The van der Waals surface area contributed by atoms with E-state index in [9.17, 15) is 19.2 Å². The van der Waals surface area contributed by atoms with Crippen molar-refractivity contribution in [2.75, 3.05) is 0 Å². The first kappa shape index (κ1) is 19.8. The molecule has 0 radical (unpaired) electrons. The fraction of sp³-hybridized carbons (Fsp3) is 0.174. The SMILES string of the molecule is CCCc1cc2c(=O)[nH]c(=O)n(Cc3ccc(-c4ccccc4C#N)cc3F)c2s1. The second-order valence-corrected chi connectivity index (χ2v) is 8.11. The van der Waals surface area contributed by atoms with E-state index in [0.29, 0.717) is 32.5 Å². The van der Waals surface area contributed by atoms with Crippen LogP contribution in [0, 0.1) is 17.1 Å². The van der Waals surface area contributed by atoms with Crippen LogP contribution in [0.15, 0.2) is 58.1 Å². The summed E-state index contributed by atoms with van der Waals surface area (Å²) >= 11 is 1.39. The van der Waals surface area contributed by atoms with Crippen molar-refractivity contribution >= 4 is 21.6 Å². The highest BCUT2D eigenvalue weighted by Gasteiger charge is 2.15. The summed E-state index contributed by atoms with van der Waals surface area (Å²) < 4.78 is 16.3. The van der Waals surface area contributed by atoms with Gasteiger partial charge in [0, 0.05) is 10.4 Å². The van der Waals surface area contributed by atoms with E-state index in [1.807, 2.05) is 6.92 Å². The van der Waals surface area contributed by atoms with E-state index in [2.05, 4.69) is 11.1 Å². The van der Waals surface area contributed by atoms with E-state index in [1.165, 1.54) is 22.0 Å². The number of thiophene rings is 1. The van der Waals surface area contributed by atoms with Crippen LogP contribution < -0.4 is 11.2 Å². The molecule has 150 valence electrons. The Balaban J connectivity index is 1.77. The molecule has 1 N–H and O–H groups in total. The Morgan fingerprint density at radius 3 is 2.70 bits per heavy atom. The first-order valence-electron chi connectivity index (χ1n) is 9.55. The second-order valence-electron chi connectivity index (χ2n) is 6.99. The van der Waals surface area contributed by atoms with Gasteiger partial charge in [0.1, 0.15) is 10.6 Å². The number of aromatic amines is 1. The van der Waals surface area contributed by atoms with Crippen molar-refractivity contribution in [1.82, 2.24) is 9.55 Å². The van der Waals surface area contributed by atoms with Gasteiger partial charge in [0.15, 0.2) is 0 Å². The zero-order valence-corrected chi connectivity index (χ0v) is 17.1. The summed E-state index contributed by atoms with van der Waals surface area (Å²) in [5.74, 6) is -0.475. The second kappa shape index (κ2) is 8.09. The molecular weight excluding hydrogens is 401 g/mol. The maximum absolute atomic E-state index is 14.9. The van der Waals surface area contributed by atoms with Crippen LogP contribution in [-0.4, -0.2) is 9.55 Å². The lowest BCUT2D eigenvalue weighted by molar-refractivity contribution is 0.598. The molecule has 4 aromatic rings. The number of aromatic nitrogens is 2. The summed E-state index contributed by atoms with van der Waals surface area (Å²) in [6, 6.07) is 15.6. The minimum Gasteiger partial charge on any atom is -0.280 e. The summed E-state index contributed by atoms with van der Waals surface area (Å²) in [7, 11) is 0. The van der Waals surface area contributed by atoms with Crippen LogP contribution >= 0.6 is 11.3 Å². The molecule has 4 rings (SSSR count). The summed E-state index contributed by atoms with van der Waals surface area (Å²) in [4.78, 5) is 28.5. The van der Waals surface area contributed by atoms with Gasteiger partial charge in [-0.25, -0.2) is 9.18 Å². The van der Waals surface area contributed by atoms with E-state index in [-0.39, 0.29) is 6.54 Å². The van der Waals surface area contributed by atoms with Crippen molar-refractivity contribution in [3.8, 4) is 17.2 Å². The fourth-order valence-corrected chi connectivity index (χ4v) is 4.73. The van der Waals surface area contributed by atoms with Gasteiger partial charge in [0.2, 0.25) is 0 Å². The molecule has 0 spiro atoms. The lowest BCUT2D eigenvalue weighted by Crippen LogP contribution is -2.30. The molecule has 0 fully saturated rings. The molecule has 5 nitrogen and oxygen atoms in total. The lowest BCUT2D eigenvalue weighted by Gasteiger charge is -2.10. The fourth-order valence-electron chi connectivity index (χ4n) is 3.48. The summed E-state index contributed by atoms with van der Waals surface area (Å²) in [6.07, 6.45) is 1.74. The average Bonchev–Trinajstić information content (AvgIpc) is 3.16. The predicted molar refractivity (Wildman–Crippen MR) is 116 cm³/mol. The Bertz CT molecular complexity index is 1410. The summed E-state index contributed by atoms with van der Waals surface area (Å²) in [5, 5.41) is 9.73. The van der Waals surface area contributed by atoms with Crippen LogP contribution in [0.25, 0.3) is 21.3 Å². The number of rotatable bonds is 5. The number of nitriles is 1. The van der Waals surface area contributed by atoms with Gasteiger partial charge in [-0.1, -0.05) is 43.7 Å². The molecule has 0 aliphatic rings. The topological polar surface area (TPSA) is 78.7 Å². The summed E-state index contributed by atoms with van der Waals surface area (Å²) in [6.45, 7) is 2.05. The minimum atomic E-state index is -0.560. The molecule has 2 aromatic heterocycles. The standard InChI is InChI=1S/C23H18FN3O2S/c1-2-5-17-11-19-21(28)26-23(29)27(22(19)30-17)13-16-9-8-14(10-20(16)24)18-7-4-3-6-15(18)12-25/h3-4,6-11H,2,5,13H2,1H3,(H,26,28,29). The average molecular weight is 419 g/mol. The molecule has 7 heteroatoms. The first-order chi connectivity index (χ1) is 14.5. The van der Waals surface area contributed by atoms with E-state index >= 15 is 0 Å². The molecule has 0 aliphatic heterocycles. The molecule has 0 amide bonds. The van der Waals surface area contributed by atoms with Gasteiger partial charge in [-0.05, 0) is 35.7 Å². The van der Waals surface area contributed by atoms with Gasteiger partial charge < -0.3 is 0 Å². The lowest BCUT2D eigenvalue weighted by atomic mass is 9.99. The Labute approximate surface area is 175 Å². The smallest absolute Gasteiger partial charge is 0.280 e. The zero-order valence-electron chi connectivity index (χ0n) is 16.2. The van der Waals surface area contributed by atoms with Gasteiger partial charge in [0.05, 0.1) is 23.6 Å². The minimum absolute atomic E-state index is 0.00417. The van der Waals surface area contributed by atoms with Crippen LogP contribution in [0.4, 0.5) is 4.39 Å². The van der Waals surface area contributed by atoms with Gasteiger partial charge in [0.25, 0.3) is 5.56 Å². The van der Waals surface area contributed by atoms with Crippen molar-refractivity contribution in [2.24, 2.45) is 0 Å². The van der Waals surface area contributed by atoms with Crippen LogP contribution in [0.3, 0.4) is 0 Å². The molecule has 0 unspecified atom stereocenters. The van der Waals surface area contributed by atoms with Crippen molar-refractivity contribution in [3.05, 3.63) is 91.2 Å². The molecule has 2 heterocycles. The highest BCUT2D eigenvalue weighted by molar-refractivity contribution is 7.18. The van der Waals surface area contributed by atoms with Gasteiger partial charge in [-0.15, -0.1) is 11.3 Å². The Morgan fingerprint density at radius 1 is 1.17 bits per heavy atom. The third-order valence-electron chi connectivity index (χ3n) is 4.96. The van der Waals surface area contributed by atoms with E-state index < -0.39 is 17.1 Å². The van der Waals surface area contributed by atoms with Gasteiger partial charge in [-0.3, -0.25) is 14.3 Å². The molecule has 0 saturated heterocycles. The number of fused-ring (bicyclic) bond motifs is 1. The number of aryl methyl sites for hydroxylation is 1. The maximum atomic E-state index is 14.9. The first-order valence-corrected chi connectivity index (χ1v) is 10.4. The summed E-state index contributed by atoms with van der Waals surface area (Å²) in [5.41, 5.74) is 1.05. The molecular formula is C23H18FN3O2S. The maximum Gasteiger partial charge on any atom is 0.329 e. The van der Waals surface area contributed by atoms with E-state index in [4.69, 9.17) is 0 Å². The third kappa shape index (κ3) is 3.58. The number of benzene rings is 2. The van der Waals surface area contributed by atoms with Gasteiger partial charge >= 0.3 is 5.69 Å². The zero-order chi connectivity index (χ0) is 21.3. The number of hydrogen-bond acceptors (Lipinski definition) is 4. The highest BCUT2D eigenvalue weighted by atomic mass is 32.1. The Hall–Kier alpha value is -3.50. The largest absolute Gasteiger partial charge is 0.329 e. The van der Waals surface area contributed by atoms with Crippen molar-refractivity contribution in [1.29, 1.82) is 5.26 Å². The quantitative estimate of drug-likeness (QED) is 0.520. The number of halogens is 1. The Morgan fingerprint density at radius 2 is 1.97 bits per heavy atom. The van der Waals surface area contributed by atoms with Gasteiger partial charge in [-0.2, -0.15) is 5.26 Å². The van der Waals surface area contributed by atoms with Crippen LogP contribution in [0.2, 0.25) is 0 Å². The molecule has 30 heavy (non-hydrogen) atoms. The number of nitrogens with zero attached hydrogens (tertiary/aromatic N) is 2. The van der Waals surface area contributed by atoms with Crippen molar-refractivity contribution in [2.45, 2.75) is 26.3 Å². The van der Waals surface area contributed by atoms with Crippen LogP contribution in [-0.2, 0) is 13.0 Å². The van der Waals surface area contributed by atoms with Crippen molar-refractivity contribution in [3.63, 3.8) is 0 Å². The molecule has 0 atom stereocenters. The van der Waals surface area contributed by atoms with Crippen LogP contribution in [0.5, 0.6) is 0 Å². The normalized spacial score (nSPS) is 11.0. The molecule has 0 bridgehead atoms. The van der Waals surface area contributed by atoms with E-state index in [1.54, 1.807) is 42.5 Å². The molecule has 2 aromatic carbocycles. The predicted octanol–water partition coefficient (Wildman–Crippen LogP) is 4.43. The number of nitrogens with one attached hydrogen (secondary N) is 1. The number of H-pyrrole nitrogens is 1. The number of hydrogen-bond donors (Lipinski definition) is 1. The van der Waals surface area contributed by atoms with E-state index in [0.717, 1.165) is 17.7 Å². The third-order valence-corrected chi connectivity index (χ3v) is 6.17. The molecule has 0 saturated carbocycles. The highest BCUT2D eigenvalue weighted by Crippen LogP contribution is 2.27. The monoisotopic (exact) mass is 419 g/mol.